The molecule has 1 heterocycles. The van der Waals surface area contributed by atoms with Crippen molar-refractivity contribution in [3.8, 4) is 0 Å². The molecule has 1 atom stereocenters. The Balaban J connectivity index is 2.04. The first kappa shape index (κ1) is 15.1. The van der Waals surface area contributed by atoms with Crippen LogP contribution in [-0.2, 0) is 4.74 Å². The Hall–Kier alpha value is -1.29. The number of methoxy groups -OCH3 is 1. The van der Waals surface area contributed by atoms with Gasteiger partial charge < -0.3 is 9.15 Å². The van der Waals surface area contributed by atoms with Gasteiger partial charge in [0.1, 0.15) is 5.76 Å². The number of carbonyl (C=O) groups excluding carboxylic acids is 1. The fourth-order valence-corrected chi connectivity index (χ4v) is 2.46. The molecule has 0 spiro atoms. The molecule has 1 saturated carbocycles. The molecule has 1 aromatic rings. The van der Waals surface area contributed by atoms with Gasteiger partial charge in [-0.15, -0.1) is 0 Å². The van der Waals surface area contributed by atoms with Gasteiger partial charge in [-0.1, -0.05) is 13.8 Å². The van der Waals surface area contributed by atoms with Crippen LogP contribution in [0, 0.1) is 5.92 Å². The first-order valence-corrected chi connectivity index (χ1v) is 7.46. The third-order valence-electron chi connectivity index (χ3n) is 3.90. The normalized spacial score (nSPS) is 16.7. The van der Waals surface area contributed by atoms with Crippen molar-refractivity contribution < 1.29 is 13.9 Å². The van der Waals surface area contributed by atoms with Crippen molar-refractivity contribution in [1.82, 2.24) is 4.90 Å². The molecule has 20 heavy (non-hydrogen) atoms. The van der Waals surface area contributed by atoms with E-state index >= 15 is 0 Å². The molecule has 112 valence electrons. The minimum atomic E-state index is -0.413. The van der Waals surface area contributed by atoms with Crippen LogP contribution >= 0.6 is 0 Å². The number of rotatable bonds is 7. The molecule has 2 rings (SSSR count). The van der Waals surface area contributed by atoms with E-state index in [1.165, 1.54) is 26.4 Å². The molecule has 0 amide bonds. The fraction of sp³-hybridized carbons (Fsp3) is 0.688. The predicted octanol–water partition coefficient (Wildman–Crippen LogP) is 3.64. The maximum atomic E-state index is 11.5. The summed E-state index contributed by atoms with van der Waals surface area (Å²) in [6.07, 6.45) is 3.73. The van der Waals surface area contributed by atoms with Gasteiger partial charge in [0.2, 0.25) is 5.76 Å². The second kappa shape index (κ2) is 6.44. The van der Waals surface area contributed by atoms with Crippen LogP contribution in [0.25, 0.3) is 0 Å². The van der Waals surface area contributed by atoms with Crippen molar-refractivity contribution in [3.63, 3.8) is 0 Å². The molecule has 1 aliphatic rings. The first-order chi connectivity index (χ1) is 9.52. The van der Waals surface area contributed by atoms with Crippen LogP contribution in [-0.4, -0.2) is 30.6 Å². The average molecular weight is 279 g/mol. The van der Waals surface area contributed by atoms with Gasteiger partial charge >= 0.3 is 5.97 Å². The van der Waals surface area contributed by atoms with E-state index < -0.39 is 5.97 Å². The third-order valence-corrected chi connectivity index (χ3v) is 3.90. The van der Waals surface area contributed by atoms with Crippen LogP contribution < -0.4 is 0 Å². The van der Waals surface area contributed by atoms with E-state index in [2.05, 4.69) is 30.4 Å². The van der Waals surface area contributed by atoms with Crippen LogP contribution in [0.1, 0.15) is 62.4 Å². The quantitative estimate of drug-likeness (QED) is 0.715. The summed E-state index contributed by atoms with van der Waals surface area (Å²) in [7, 11) is 1.37. The third kappa shape index (κ3) is 3.63. The Morgan fingerprint density at radius 1 is 1.40 bits per heavy atom. The van der Waals surface area contributed by atoms with Crippen LogP contribution in [0.4, 0.5) is 0 Å². The summed E-state index contributed by atoms with van der Waals surface area (Å²) in [6, 6.07) is 4.47. The number of carbonyl (C=O) groups is 1. The summed E-state index contributed by atoms with van der Waals surface area (Å²) in [4.78, 5) is 14.0. The molecule has 4 nitrogen and oxygen atoms in total. The van der Waals surface area contributed by atoms with E-state index in [1.807, 2.05) is 6.07 Å². The van der Waals surface area contributed by atoms with Crippen molar-refractivity contribution in [3.05, 3.63) is 23.7 Å². The van der Waals surface area contributed by atoms with Gasteiger partial charge in [0.15, 0.2) is 0 Å². The minimum Gasteiger partial charge on any atom is -0.463 e. The van der Waals surface area contributed by atoms with E-state index in [0.29, 0.717) is 12.0 Å². The summed E-state index contributed by atoms with van der Waals surface area (Å²) in [5.41, 5.74) is 0. The monoisotopic (exact) mass is 279 g/mol. The van der Waals surface area contributed by atoms with Gasteiger partial charge in [-0.25, -0.2) is 4.79 Å². The number of nitrogens with zero attached hydrogens (tertiary/aromatic N) is 1. The lowest BCUT2D eigenvalue weighted by Crippen LogP contribution is -2.30. The molecule has 4 heteroatoms. The Morgan fingerprint density at radius 3 is 2.65 bits per heavy atom. The van der Waals surface area contributed by atoms with Crippen molar-refractivity contribution in [2.75, 3.05) is 13.7 Å². The van der Waals surface area contributed by atoms with Crippen LogP contribution in [0.2, 0.25) is 0 Å². The van der Waals surface area contributed by atoms with Gasteiger partial charge in [-0.05, 0) is 50.8 Å². The Labute approximate surface area is 121 Å². The molecule has 1 unspecified atom stereocenters. The van der Waals surface area contributed by atoms with E-state index in [0.717, 1.165) is 12.3 Å². The van der Waals surface area contributed by atoms with E-state index in [-0.39, 0.29) is 11.8 Å². The Bertz CT molecular complexity index is 448. The fourth-order valence-electron chi connectivity index (χ4n) is 2.46. The highest BCUT2D eigenvalue weighted by atomic mass is 16.5. The molecule has 1 aliphatic carbocycles. The standard InChI is InChI=1S/C16H25NO3/c1-11(2)9-10-17(13-5-6-13)12(3)14-7-8-15(20-14)16(18)19-4/h7-8,11-13H,5-6,9-10H2,1-4H3. The van der Waals surface area contributed by atoms with Crippen LogP contribution in [0.15, 0.2) is 16.5 Å². The molecule has 0 radical (unpaired) electrons. The number of esters is 1. The SMILES string of the molecule is COC(=O)c1ccc(C(C)N(CCC(C)C)C2CC2)o1. The van der Waals surface area contributed by atoms with Crippen molar-refractivity contribution in [1.29, 1.82) is 0 Å². The molecule has 0 saturated heterocycles. The first-order valence-electron chi connectivity index (χ1n) is 7.46. The number of hydrogen-bond donors (Lipinski definition) is 0. The molecular weight excluding hydrogens is 254 g/mol. The van der Waals surface area contributed by atoms with Crippen molar-refractivity contribution in [2.24, 2.45) is 5.92 Å². The second-order valence-corrected chi connectivity index (χ2v) is 6.02. The lowest BCUT2D eigenvalue weighted by atomic mass is 10.1. The number of ether oxygens (including phenoxy) is 1. The predicted molar refractivity (Wildman–Crippen MR) is 77.6 cm³/mol. The van der Waals surface area contributed by atoms with Gasteiger partial charge in [-0.3, -0.25) is 4.90 Å². The smallest absolute Gasteiger partial charge is 0.373 e. The zero-order chi connectivity index (χ0) is 14.7. The minimum absolute atomic E-state index is 0.208. The summed E-state index contributed by atoms with van der Waals surface area (Å²) < 4.78 is 10.3. The molecule has 0 aromatic carbocycles. The second-order valence-electron chi connectivity index (χ2n) is 6.02. The van der Waals surface area contributed by atoms with Gasteiger partial charge in [0.05, 0.1) is 13.2 Å². The van der Waals surface area contributed by atoms with Crippen LogP contribution in [0.3, 0.4) is 0 Å². The summed E-state index contributed by atoms with van der Waals surface area (Å²) in [6.45, 7) is 7.73. The largest absolute Gasteiger partial charge is 0.463 e. The molecule has 1 fully saturated rings. The maximum Gasteiger partial charge on any atom is 0.373 e. The van der Waals surface area contributed by atoms with E-state index in [9.17, 15) is 4.79 Å². The topological polar surface area (TPSA) is 42.7 Å². The number of hydrogen-bond acceptors (Lipinski definition) is 4. The summed E-state index contributed by atoms with van der Waals surface area (Å²) >= 11 is 0. The zero-order valence-electron chi connectivity index (χ0n) is 12.9. The summed E-state index contributed by atoms with van der Waals surface area (Å²) in [5, 5.41) is 0. The van der Waals surface area contributed by atoms with Crippen molar-refractivity contribution in [2.45, 2.75) is 52.1 Å². The molecule has 0 N–H and O–H groups in total. The summed E-state index contributed by atoms with van der Waals surface area (Å²) in [5.74, 6) is 1.42. The van der Waals surface area contributed by atoms with Crippen molar-refractivity contribution >= 4 is 5.97 Å². The highest BCUT2D eigenvalue weighted by Crippen LogP contribution is 2.35. The Morgan fingerprint density at radius 2 is 2.10 bits per heavy atom. The molecule has 1 aromatic heterocycles. The van der Waals surface area contributed by atoms with Gasteiger partial charge in [0, 0.05) is 6.04 Å². The molecule has 0 aliphatic heterocycles. The highest BCUT2D eigenvalue weighted by Gasteiger charge is 2.33. The van der Waals surface area contributed by atoms with Gasteiger partial charge in [-0.2, -0.15) is 0 Å². The lowest BCUT2D eigenvalue weighted by molar-refractivity contribution is 0.0558. The van der Waals surface area contributed by atoms with Crippen LogP contribution in [0.5, 0.6) is 0 Å². The average Bonchev–Trinajstić information content (AvgIpc) is 3.13. The number of furan rings is 1. The zero-order valence-corrected chi connectivity index (χ0v) is 12.9. The maximum absolute atomic E-state index is 11.5. The Kier molecular flexibility index (Phi) is 4.86. The van der Waals surface area contributed by atoms with E-state index in [4.69, 9.17) is 4.42 Å². The lowest BCUT2D eigenvalue weighted by Gasteiger charge is -2.28. The van der Waals surface area contributed by atoms with E-state index in [1.54, 1.807) is 6.07 Å². The molecule has 0 bridgehead atoms. The van der Waals surface area contributed by atoms with Gasteiger partial charge in [0.25, 0.3) is 0 Å². The highest BCUT2D eigenvalue weighted by molar-refractivity contribution is 5.86. The molecular formula is C16H25NO3.